The molecule has 7 heteroatoms. The molecule has 0 N–H and O–H groups in total. The summed E-state index contributed by atoms with van der Waals surface area (Å²) in [6.45, 7) is 5.93. The summed E-state index contributed by atoms with van der Waals surface area (Å²) in [4.78, 5) is 29.8. The minimum absolute atomic E-state index is 0.321. The van der Waals surface area contributed by atoms with Gasteiger partial charge in [0.25, 0.3) is 5.56 Å². The number of ether oxygens (including phenoxy) is 1. The van der Waals surface area contributed by atoms with E-state index in [9.17, 15) is 9.59 Å². The van der Waals surface area contributed by atoms with E-state index in [4.69, 9.17) is 4.74 Å². The van der Waals surface area contributed by atoms with Gasteiger partial charge in [-0.2, -0.15) is 0 Å². The molecule has 0 bridgehead atoms. The molecule has 0 atom stereocenters. The lowest BCUT2D eigenvalue weighted by Crippen LogP contribution is -2.37. The largest absolute Gasteiger partial charge is 0.381 e. The van der Waals surface area contributed by atoms with E-state index < -0.39 is 0 Å². The number of imidazole rings is 1. The summed E-state index contributed by atoms with van der Waals surface area (Å²) in [7, 11) is 3.15. The molecule has 7 nitrogen and oxygen atoms in total. The minimum atomic E-state index is -0.371. The van der Waals surface area contributed by atoms with Crippen LogP contribution in [0.1, 0.15) is 37.2 Å². The molecule has 0 aliphatic carbocycles. The molecule has 2 heterocycles. The first kappa shape index (κ1) is 20.1. The molecule has 3 aromatic rings. The molecule has 0 aliphatic rings. The molecule has 150 valence electrons. The predicted molar refractivity (Wildman–Crippen MR) is 110 cm³/mol. The number of fused-ring (bicyclic) bond motifs is 1. The zero-order chi connectivity index (χ0) is 20.3. The molecule has 0 spiro atoms. The van der Waals surface area contributed by atoms with Crippen LogP contribution >= 0.6 is 0 Å². The van der Waals surface area contributed by atoms with E-state index >= 15 is 0 Å². The lowest BCUT2D eigenvalue weighted by atomic mass is 10.1. The second kappa shape index (κ2) is 8.56. The highest BCUT2D eigenvalue weighted by molar-refractivity contribution is 5.71. The minimum Gasteiger partial charge on any atom is -0.381 e. The molecule has 0 fully saturated rings. The van der Waals surface area contributed by atoms with Crippen molar-refractivity contribution in [2.45, 2.75) is 39.7 Å². The summed E-state index contributed by atoms with van der Waals surface area (Å²) in [5, 5.41) is 0. The first-order chi connectivity index (χ1) is 13.5. The van der Waals surface area contributed by atoms with Crippen LogP contribution in [0.2, 0.25) is 0 Å². The molecule has 0 saturated carbocycles. The van der Waals surface area contributed by atoms with Crippen molar-refractivity contribution in [3.05, 3.63) is 62.1 Å². The van der Waals surface area contributed by atoms with Crippen molar-refractivity contribution in [2.75, 3.05) is 13.2 Å². The SMILES string of the molecule is CCCOCCc1nc2c(c(=O)n(C)c(=O)n2C)n1Cc1cccc(CC)c1. The second-order valence-electron chi connectivity index (χ2n) is 7.03. The second-order valence-corrected chi connectivity index (χ2v) is 7.03. The average Bonchev–Trinajstić information content (AvgIpc) is 3.06. The van der Waals surface area contributed by atoms with E-state index in [0.717, 1.165) is 28.8 Å². The van der Waals surface area contributed by atoms with Gasteiger partial charge in [-0.15, -0.1) is 0 Å². The molecule has 28 heavy (non-hydrogen) atoms. The Balaban J connectivity index is 2.13. The van der Waals surface area contributed by atoms with Crippen molar-refractivity contribution >= 4 is 11.2 Å². The van der Waals surface area contributed by atoms with Gasteiger partial charge >= 0.3 is 5.69 Å². The summed E-state index contributed by atoms with van der Waals surface area (Å²) in [6, 6.07) is 8.33. The summed E-state index contributed by atoms with van der Waals surface area (Å²) in [5.41, 5.74) is 2.53. The summed E-state index contributed by atoms with van der Waals surface area (Å²) in [6.07, 6.45) is 2.49. The molecular formula is C21H28N4O3. The molecule has 3 rings (SSSR count). The van der Waals surface area contributed by atoms with Crippen molar-refractivity contribution in [3.63, 3.8) is 0 Å². The van der Waals surface area contributed by atoms with E-state index in [2.05, 4.69) is 37.0 Å². The number of rotatable bonds is 8. The Labute approximate surface area is 164 Å². The maximum absolute atomic E-state index is 12.9. The highest BCUT2D eigenvalue weighted by atomic mass is 16.5. The highest BCUT2D eigenvalue weighted by Gasteiger charge is 2.19. The van der Waals surface area contributed by atoms with Crippen molar-refractivity contribution in [2.24, 2.45) is 14.1 Å². The molecule has 0 amide bonds. The molecule has 0 saturated heterocycles. The van der Waals surface area contributed by atoms with Crippen molar-refractivity contribution in [3.8, 4) is 0 Å². The Hall–Kier alpha value is -2.67. The van der Waals surface area contributed by atoms with Gasteiger partial charge in [0.1, 0.15) is 5.82 Å². The van der Waals surface area contributed by atoms with E-state index in [1.165, 1.54) is 17.2 Å². The van der Waals surface area contributed by atoms with Crippen LogP contribution in [0, 0.1) is 0 Å². The van der Waals surface area contributed by atoms with Gasteiger partial charge in [-0.3, -0.25) is 13.9 Å². The van der Waals surface area contributed by atoms with Gasteiger partial charge in [0.2, 0.25) is 0 Å². The maximum atomic E-state index is 12.9. The topological polar surface area (TPSA) is 71.1 Å². The number of benzene rings is 1. The molecule has 0 unspecified atom stereocenters. The van der Waals surface area contributed by atoms with Crippen LogP contribution in [-0.2, 0) is 38.2 Å². The van der Waals surface area contributed by atoms with Gasteiger partial charge in [0.15, 0.2) is 11.2 Å². The van der Waals surface area contributed by atoms with Gasteiger partial charge in [0.05, 0.1) is 6.61 Å². The zero-order valence-electron chi connectivity index (χ0n) is 17.1. The molecular weight excluding hydrogens is 356 g/mol. The van der Waals surface area contributed by atoms with Crippen LogP contribution in [0.5, 0.6) is 0 Å². The van der Waals surface area contributed by atoms with E-state index in [1.807, 2.05) is 10.6 Å². The van der Waals surface area contributed by atoms with Crippen LogP contribution < -0.4 is 11.2 Å². The zero-order valence-corrected chi connectivity index (χ0v) is 17.1. The van der Waals surface area contributed by atoms with Gasteiger partial charge in [0, 0.05) is 33.7 Å². The fourth-order valence-electron chi connectivity index (χ4n) is 3.39. The Morgan fingerprint density at radius 3 is 2.50 bits per heavy atom. The molecule has 0 radical (unpaired) electrons. The van der Waals surface area contributed by atoms with E-state index in [-0.39, 0.29) is 11.2 Å². The van der Waals surface area contributed by atoms with Gasteiger partial charge in [-0.25, -0.2) is 9.78 Å². The van der Waals surface area contributed by atoms with Gasteiger partial charge in [-0.05, 0) is 24.0 Å². The highest BCUT2D eigenvalue weighted by Crippen LogP contribution is 2.16. The third kappa shape index (κ3) is 3.80. The van der Waals surface area contributed by atoms with E-state index in [0.29, 0.717) is 37.3 Å². The van der Waals surface area contributed by atoms with Crippen LogP contribution in [0.15, 0.2) is 33.9 Å². The quantitative estimate of drug-likeness (QED) is 0.557. The Bertz CT molecular complexity index is 1090. The molecule has 0 aliphatic heterocycles. The lowest BCUT2D eigenvalue weighted by Gasteiger charge is -2.11. The van der Waals surface area contributed by atoms with Crippen molar-refractivity contribution in [1.82, 2.24) is 18.7 Å². The summed E-state index contributed by atoms with van der Waals surface area (Å²) < 4.78 is 10.1. The normalized spacial score (nSPS) is 11.4. The van der Waals surface area contributed by atoms with Gasteiger partial charge in [-0.1, -0.05) is 38.1 Å². The molecule has 1 aromatic carbocycles. The van der Waals surface area contributed by atoms with Gasteiger partial charge < -0.3 is 9.30 Å². The van der Waals surface area contributed by atoms with Crippen LogP contribution in [0.25, 0.3) is 11.2 Å². The standard InChI is InChI=1S/C21H28N4O3/c1-5-11-28-12-10-17-22-19-18(20(26)24(4)21(27)23(19)3)25(17)14-16-9-7-8-15(6-2)13-16/h7-9,13H,5-6,10-12,14H2,1-4H3. The maximum Gasteiger partial charge on any atom is 0.332 e. The first-order valence-corrected chi connectivity index (χ1v) is 9.78. The summed E-state index contributed by atoms with van der Waals surface area (Å²) >= 11 is 0. The fraction of sp³-hybridized carbons (Fsp3) is 0.476. The third-order valence-electron chi connectivity index (χ3n) is 4.99. The Morgan fingerprint density at radius 2 is 1.79 bits per heavy atom. The average molecular weight is 384 g/mol. The van der Waals surface area contributed by atoms with E-state index in [1.54, 1.807) is 7.05 Å². The first-order valence-electron chi connectivity index (χ1n) is 9.78. The Kier molecular flexibility index (Phi) is 6.14. The lowest BCUT2D eigenvalue weighted by molar-refractivity contribution is 0.136. The van der Waals surface area contributed by atoms with Crippen molar-refractivity contribution < 1.29 is 4.74 Å². The van der Waals surface area contributed by atoms with Crippen LogP contribution in [0.3, 0.4) is 0 Å². The molecule has 2 aromatic heterocycles. The smallest absolute Gasteiger partial charge is 0.332 e. The number of nitrogens with zero attached hydrogens (tertiary/aromatic N) is 4. The van der Waals surface area contributed by atoms with Crippen LogP contribution in [-0.4, -0.2) is 31.9 Å². The number of aromatic nitrogens is 4. The number of aryl methyl sites for hydroxylation is 2. The summed E-state index contributed by atoms with van der Waals surface area (Å²) in [5.74, 6) is 0.756. The Morgan fingerprint density at radius 1 is 1.04 bits per heavy atom. The number of hydrogen-bond donors (Lipinski definition) is 0. The van der Waals surface area contributed by atoms with Crippen LogP contribution in [0.4, 0.5) is 0 Å². The number of hydrogen-bond acceptors (Lipinski definition) is 4. The fourth-order valence-corrected chi connectivity index (χ4v) is 3.39. The monoisotopic (exact) mass is 384 g/mol. The third-order valence-corrected chi connectivity index (χ3v) is 4.99. The predicted octanol–water partition coefficient (Wildman–Crippen LogP) is 2.01. The van der Waals surface area contributed by atoms with Crippen molar-refractivity contribution in [1.29, 1.82) is 0 Å².